The molecule has 0 aliphatic rings. The first-order valence-electron chi connectivity index (χ1n) is 4.09. The molecule has 0 saturated heterocycles. The highest BCUT2D eigenvalue weighted by molar-refractivity contribution is 7.80. The minimum Gasteiger partial charge on any atom is -0.275 e. The molecular formula is C10H10ClNOS. The van der Waals surface area contributed by atoms with Crippen molar-refractivity contribution in [1.82, 2.24) is 0 Å². The first-order chi connectivity index (χ1) is 6.52. The molecule has 0 heterocycles. The highest BCUT2D eigenvalue weighted by atomic mass is 35.5. The number of hydrogen-bond acceptors (Lipinski definition) is 2. The lowest BCUT2D eigenvalue weighted by Crippen LogP contribution is -2.31. The third kappa shape index (κ3) is 2.53. The Morgan fingerprint density at radius 1 is 1.29 bits per heavy atom. The van der Waals surface area contributed by atoms with Crippen molar-refractivity contribution in [2.24, 2.45) is 0 Å². The number of hydrogen-bond donors (Lipinski definition) is 0. The second-order valence-corrected chi connectivity index (χ2v) is 3.88. The third-order valence-electron chi connectivity index (χ3n) is 1.71. The van der Waals surface area contributed by atoms with Gasteiger partial charge in [-0.15, -0.1) is 0 Å². The third-order valence-corrected chi connectivity index (χ3v) is 2.15. The van der Waals surface area contributed by atoms with Crippen LogP contribution in [-0.2, 0) is 4.79 Å². The van der Waals surface area contributed by atoms with E-state index in [1.54, 1.807) is 31.2 Å². The van der Waals surface area contributed by atoms with Crippen LogP contribution < -0.4 is 4.90 Å². The predicted octanol–water partition coefficient (Wildman–Crippen LogP) is 3.04. The Bertz CT molecular complexity index is 347. The summed E-state index contributed by atoms with van der Waals surface area (Å²) in [4.78, 5) is 13.3. The molecule has 14 heavy (non-hydrogen) atoms. The quantitative estimate of drug-likeness (QED) is 0.688. The minimum absolute atomic E-state index is 0.0974. The van der Waals surface area contributed by atoms with Gasteiger partial charge in [-0.3, -0.25) is 9.69 Å². The number of rotatable bonds is 1. The Kier molecular flexibility index (Phi) is 3.61. The molecule has 0 aromatic heterocycles. The molecule has 0 aliphatic heterocycles. The Morgan fingerprint density at radius 2 is 1.79 bits per heavy atom. The summed E-state index contributed by atoms with van der Waals surface area (Å²) in [6.07, 6.45) is 0. The number of carbonyl (C=O) groups is 1. The molecule has 2 nitrogen and oxygen atoms in total. The van der Waals surface area contributed by atoms with Gasteiger partial charge in [0.15, 0.2) is 0 Å². The second-order valence-electron chi connectivity index (χ2n) is 2.85. The lowest BCUT2D eigenvalue weighted by atomic mass is 10.3. The maximum atomic E-state index is 11.3. The predicted molar refractivity (Wildman–Crippen MR) is 62.9 cm³/mol. The SMILES string of the molecule is CC(=O)N(C(C)=S)c1ccc(Cl)cc1. The average Bonchev–Trinajstić information content (AvgIpc) is 2.07. The largest absolute Gasteiger partial charge is 0.275 e. The van der Waals surface area contributed by atoms with Crippen molar-refractivity contribution >= 4 is 40.4 Å². The number of nitrogens with zero attached hydrogens (tertiary/aromatic N) is 1. The smallest absolute Gasteiger partial charge is 0.228 e. The van der Waals surface area contributed by atoms with Gasteiger partial charge in [0.1, 0.15) is 0 Å². The monoisotopic (exact) mass is 227 g/mol. The number of benzene rings is 1. The number of carbonyl (C=O) groups excluding carboxylic acids is 1. The first-order valence-corrected chi connectivity index (χ1v) is 4.88. The van der Waals surface area contributed by atoms with Crippen LogP contribution in [0.1, 0.15) is 13.8 Å². The zero-order chi connectivity index (χ0) is 10.7. The molecule has 1 aromatic carbocycles. The van der Waals surface area contributed by atoms with Crippen LogP contribution >= 0.6 is 23.8 Å². The van der Waals surface area contributed by atoms with Crippen LogP contribution in [-0.4, -0.2) is 10.9 Å². The van der Waals surface area contributed by atoms with E-state index in [4.69, 9.17) is 23.8 Å². The van der Waals surface area contributed by atoms with E-state index < -0.39 is 0 Å². The maximum Gasteiger partial charge on any atom is 0.228 e. The molecule has 0 spiro atoms. The van der Waals surface area contributed by atoms with Crippen molar-refractivity contribution in [1.29, 1.82) is 0 Å². The molecule has 0 unspecified atom stereocenters. The highest BCUT2D eigenvalue weighted by Gasteiger charge is 2.12. The van der Waals surface area contributed by atoms with E-state index in [2.05, 4.69) is 0 Å². The zero-order valence-electron chi connectivity index (χ0n) is 7.95. The molecule has 74 valence electrons. The first kappa shape index (κ1) is 11.1. The maximum absolute atomic E-state index is 11.3. The Labute approximate surface area is 93.5 Å². The number of anilines is 1. The van der Waals surface area contributed by atoms with Gasteiger partial charge in [-0.05, 0) is 31.2 Å². The van der Waals surface area contributed by atoms with E-state index in [1.165, 1.54) is 11.8 Å². The van der Waals surface area contributed by atoms with E-state index >= 15 is 0 Å². The second kappa shape index (κ2) is 4.53. The van der Waals surface area contributed by atoms with E-state index in [1.807, 2.05) is 0 Å². The van der Waals surface area contributed by atoms with Crippen molar-refractivity contribution in [2.45, 2.75) is 13.8 Å². The summed E-state index contributed by atoms with van der Waals surface area (Å²) in [7, 11) is 0. The van der Waals surface area contributed by atoms with Crippen molar-refractivity contribution in [3.8, 4) is 0 Å². The fourth-order valence-electron chi connectivity index (χ4n) is 1.18. The van der Waals surface area contributed by atoms with Gasteiger partial charge in [-0.25, -0.2) is 0 Å². The Morgan fingerprint density at radius 3 is 2.14 bits per heavy atom. The molecule has 4 heteroatoms. The van der Waals surface area contributed by atoms with Crippen molar-refractivity contribution in [3.63, 3.8) is 0 Å². The summed E-state index contributed by atoms with van der Waals surface area (Å²) >= 11 is 10.7. The Hall–Kier alpha value is -0.930. The molecule has 0 saturated carbocycles. The fraction of sp³-hybridized carbons (Fsp3) is 0.200. The van der Waals surface area contributed by atoms with Crippen molar-refractivity contribution in [2.75, 3.05) is 4.90 Å². The summed E-state index contributed by atoms with van der Waals surface area (Å²) in [5, 5.41) is 0.638. The topological polar surface area (TPSA) is 20.3 Å². The lowest BCUT2D eigenvalue weighted by molar-refractivity contribution is -0.115. The summed E-state index contributed by atoms with van der Waals surface area (Å²) in [5.41, 5.74) is 0.745. The summed E-state index contributed by atoms with van der Waals surface area (Å²) in [6.45, 7) is 3.19. The molecular weight excluding hydrogens is 218 g/mol. The average molecular weight is 228 g/mol. The molecule has 0 bridgehead atoms. The normalized spacial score (nSPS) is 9.64. The van der Waals surface area contributed by atoms with E-state index in [-0.39, 0.29) is 5.91 Å². The van der Waals surface area contributed by atoms with Crippen molar-refractivity contribution in [3.05, 3.63) is 29.3 Å². The van der Waals surface area contributed by atoms with Crippen LogP contribution in [0, 0.1) is 0 Å². The summed E-state index contributed by atoms with van der Waals surface area (Å²) < 4.78 is 0. The van der Waals surface area contributed by atoms with E-state index in [0.29, 0.717) is 10.0 Å². The van der Waals surface area contributed by atoms with E-state index in [0.717, 1.165) is 5.69 Å². The van der Waals surface area contributed by atoms with E-state index in [9.17, 15) is 4.79 Å². The standard InChI is InChI=1S/C10H10ClNOS/c1-7(13)12(8(2)14)10-5-3-9(11)4-6-10/h3-6H,1-2H3. The molecule has 0 fully saturated rings. The zero-order valence-corrected chi connectivity index (χ0v) is 9.52. The van der Waals surface area contributed by atoms with Gasteiger partial charge < -0.3 is 0 Å². The van der Waals surface area contributed by atoms with Gasteiger partial charge in [-0.2, -0.15) is 0 Å². The van der Waals surface area contributed by atoms with Gasteiger partial charge in [0.25, 0.3) is 0 Å². The van der Waals surface area contributed by atoms with Crippen molar-refractivity contribution < 1.29 is 4.79 Å². The molecule has 0 atom stereocenters. The van der Waals surface area contributed by atoms with Gasteiger partial charge in [0.05, 0.1) is 4.99 Å². The van der Waals surface area contributed by atoms with Crippen LogP contribution in [0.4, 0.5) is 5.69 Å². The highest BCUT2D eigenvalue weighted by Crippen LogP contribution is 2.18. The van der Waals surface area contributed by atoms with Gasteiger partial charge >= 0.3 is 0 Å². The molecule has 0 radical (unpaired) electrons. The minimum atomic E-state index is -0.0974. The summed E-state index contributed by atoms with van der Waals surface area (Å²) in [6, 6.07) is 6.98. The molecule has 1 amide bonds. The van der Waals surface area contributed by atoms with Gasteiger partial charge in [0.2, 0.25) is 5.91 Å². The van der Waals surface area contributed by atoms with Gasteiger partial charge in [-0.1, -0.05) is 23.8 Å². The van der Waals surface area contributed by atoms with Gasteiger partial charge in [0, 0.05) is 17.6 Å². The number of halogens is 1. The summed E-state index contributed by atoms with van der Waals surface area (Å²) in [5.74, 6) is -0.0974. The fourth-order valence-corrected chi connectivity index (χ4v) is 1.54. The molecule has 0 aliphatic carbocycles. The van der Waals surface area contributed by atoms with Crippen LogP contribution in [0.15, 0.2) is 24.3 Å². The Balaban J connectivity index is 3.06. The molecule has 1 aromatic rings. The number of amides is 1. The molecule has 0 N–H and O–H groups in total. The van der Waals surface area contributed by atoms with Crippen LogP contribution in [0.3, 0.4) is 0 Å². The van der Waals surface area contributed by atoms with Crippen LogP contribution in [0.25, 0.3) is 0 Å². The lowest BCUT2D eigenvalue weighted by Gasteiger charge is -2.19. The van der Waals surface area contributed by atoms with Crippen LogP contribution in [0.5, 0.6) is 0 Å². The van der Waals surface area contributed by atoms with Crippen LogP contribution in [0.2, 0.25) is 5.02 Å². The molecule has 1 rings (SSSR count). The number of thiocarbonyl (C=S) groups is 1.